The minimum absolute atomic E-state index is 0.116. The zero-order valence-electron chi connectivity index (χ0n) is 13.1. The molecule has 1 fully saturated rings. The number of carbonyl (C=O) groups is 1. The fourth-order valence-corrected chi connectivity index (χ4v) is 3.45. The van der Waals surface area contributed by atoms with Gasteiger partial charge in [-0.15, -0.1) is 0 Å². The Morgan fingerprint density at radius 2 is 2.04 bits per heavy atom. The first-order chi connectivity index (χ1) is 11.8. The van der Waals surface area contributed by atoms with E-state index < -0.39 is 0 Å². The first-order valence-corrected chi connectivity index (χ1v) is 8.17. The smallest absolute Gasteiger partial charge is 0.254 e. The minimum atomic E-state index is 0.116. The second kappa shape index (κ2) is 5.14. The van der Waals surface area contributed by atoms with Crippen LogP contribution < -0.4 is 0 Å². The zero-order valence-corrected chi connectivity index (χ0v) is 13.1. The van der Waals surface area contributed by atoms with Crippen molar-refractivity contribution in [2.24, 2.45) is 0 Å². The van der Waals surface area contributed by atoms with Crippen molar-refractivity contribution in [3.8, 4) is 11.3 Å². The highest BCUT2D eigenvalue weighted by Crippen LogP contribution is 2.33. The summed E-state index contributed by atoms with van der Waals surface area (Å²) in [7, 11) is 0. The molecule has 0 spiro atoms. The molecule has 0 bridgehead atoms. The van der Waals surface area contributed by atoms with E-state index >= 15 is 0 Å². The average molecular weight is 316 g/mol. The summed E-state index contributed by atoms with van der Waals surface area (Å²) in [6.45, 7) is 2.12. The number of hydrogen-bond acceptors (Lipinski definition) is 3. The van der Waals surface area contributed by atoms with Gasteiger partial charge in [0.2, 0.25) is 0 Å². The van der Waals surface area contributed by atoms with Gasteiger partial charge in [0.05, 0.1) is 18.4 Å². The van der Waals surface area contributed by atoms with Crippen molar-refractivity contribution in [3.05, 3.63) is 65.9 Å². The summed E-state index contributed by atoms with van der Waals surface area (Å²) in [5, 5.41) is 2.30. The Morgan fingerprint density at radius 1 is 1.17 bits per heavy atom. The van der Waals surface area contributed by atoms with Crippen LogP contribution in [0, 0.1) is 0 Å². The van der Waals surface area contributed by atoms with E-state index in [0.29, 0.717) is 13.1 Å². The number of pyridine rings is 1. The molecule has 118 valence electrons. The fourth-order valence-electron chi connectivity index (χ4n) is 3.45. The van der Waals surface area contributed by atoms with Crippen molar-refractivity contribution < 1.29 is 9.53 Å². The quantitative estimate of drug-likeness (QED) is 0.697. The van der Waals surface area contributed by atoms with Crippen molar-refractivity contribution >= 4 is 16.7 Å². The molecule has 3 aromatic rings. The number of epoxide rings is 1. The van der Waals surface area contributed by atoms with E-state index in [1.807, 2.05) is 35.2 Å². The largest absolute Gasteiger partial charge is 0.371 e. The molecule has 5 rings (SSSR count). The normalized spacial score (nSPS) is 18.9. The molecule has 0 radical (unpaired) electrons. The Hall–Kier alpha value is -2.72. The number of aromatic nitrogens is 1. The summed E-state index contributed by atoms with van der Waals surface area (Å²) >= 11 is 0. The zero-order chi connectivity index (χ0) is 16.1. The molecule has 1 aromatic heterocycles. The van der Waals surface area contributed by atoms with Crippen molar-refractivity contribution in [2.45, 2.75) is 12.6 Å². The predicted molar refractivity (Wildman–Crippen MR) is 91.7 cm³/mol. The van der Waals surface area contributed by atoms with E-state index in [9.17, 15) is 4.79 Å². The molecule has 0 saturated carbocycles. The van der Waals surface area contributed by atoms with E-state index in [0.717, 1.165) is 39.8 Å². The van der Waals surface area contributed by atoms with Gasteiger partial charge in [0, 0.05) is 30.4 Å². The second-order valence-corrected chi connectivity index (χ2v) is 6.38. The van der Waals surface area contributed by atoms with E-state index in [4.69, 9.17) is 4.74 Å². The minimum Gasteiger partial charge on any atom is -0.371 e. The molecule has 0 aliphatic carbocycles. The molecular formula is C20H16N2O2. The molecule has 24 heavy (non-hydrogen) atoms. The van der Waals surface area contributed by atoms with Crippen LogP contribution >= 0.6 is 0 Å². The van der Waals surface area contributed by atoms with Crippen LogP contribution in [0.1, 0.15) is 15.9 Å². The number of benzene rings is 2. The number of carbonyl (C=O) groups excluding carboxylic acids is 1. The van der Waals surface area contributed by atoms with Crippen LogP contribution in [-0.2, 0) is 11.3 Å². The van der Waals surface area contributed by atoms with Gasteiger partial charge in [-0.1, -0.05) is 24.3 Å². The molecule has 3 heterocycles. The molecule has 0 N–H and O–H groups in total. The summed E-state index contributed by atoms with van der Waals surface area (Å²) in [5.74, 6) is 0.116. The average Bonchev–Trinajstić information content (AvgIpc) is 3.39. The van der Waals surface area contributed by atoms with Crippen LogP contribution in [0.4, 0.5) is 0 Å². The number of hydrogen-bond donors (Lipinski definition) is 0. The maximum absolute atomic E-state index is 12.6. The highest BCUT2D eigenvalue weighted by Gasteiger charge is 2.34. The third-order valence-electron chi connectivity index (χ3n) is 4.79. The lowest BCUT2D eigenvalue weighted by molar-refractivity contribution is 0.0766. The molecule has 2 aliphatic heterocycles. The number of ether oxygens (including phenoxy) is 1. The molecule has 4 heteroatoms. The topological polar surface area (TPSA) is 45.7 Å². The fraction of sp³-hybridized carbons (Fsp3) is 0.200. The first-order valence-electron chi connectivity index (χ1n) is 8.17. The third kappa shape index (κ3) is 2.19. The van der Waals surface area contributed by atoms with Gasteiger partial charge in [0.1, 0.15) is 0 Å². The van der Waals surface area contributed by atoms with Crippen LogP contribution in [0.3, 0.4) is 0 Å². The molecule has 4 nitrogen and oxygen atoms in total. The summed E-state index contributed by atoms with van der Waals surface area (Å²) in [6.07, 6.45) is 2.02. The third-order valence-corrected chi connectivity index (χ3v) is 4.79. The van der Waals surface area contributed by atoms with Crippen molar-refractivity contribution in [1.82, 2.24) is 9.88 Å². The lowest BCUT2D eigenvalue weighted by Gasteiger charge is -2.13. The SMILES string of the molecule is O=C1c2ccc3ccc(-c4ccccn4)cc3c2CN1CC1CO1. The van der Waals surface area contributed by atoms with Crippen LogP contribution in [0.2, 0.25) is 0 Å². The van der Waals surface area contributed by atoms with Gasteiger partial charge in [-0.05, 0) is 40.6 Å². The maximum Gasteiger partial charge on any atom is 0.254 e. The Kier molecular flexibility index (Phi) is 2.94. The van der Waals surface area contributed by atoms with Gasteiger partial charge in [-0.2, -0.15) is 0 Å². The lowest BCUT2D eigenvalue weighted by atomic mass is 9.98. The van der Waals surface area contributed by atoms with Gasteiger partial charge in [-0.3, -0.25) is 9.78 Å². The number of fused-ring (bicyclic) bond motifs is 3. The predicted octanol–water partition coefficient (Wildman–Crippen LogP) is 3.26. The Bertz CT molecular complexity index is 949. The first kappa shape index (κ1) is 13.7. The number of nitrogens with zero attached hydrogens (tertiary/aromatic N) is 2. The summed E-state index contributed by atoms with van der Waals surface area (Å²) < 4.78 is 5.28. The summed E-state index contributed by atoms with van der Waals surface area (Å²) in [6, 6.07) is 16.2. The highest BCUT2D eigenvalue weighted by atomic mass is 16.6. The highest BCUT2D eigenvalue weighted by molar-refractivity contribution is 6.05. The molecule has 1 atom stereocenters. The van der Waals surface area contributed by atoms with Crippen LogP contribution in [0.25, 0.3) is 22.0 Å². The van der Waals surface area contributed by atoms with E-state index in [1.54, 1.807) is 6.20 Å². The molecular weight excluding hydrogens is 300 g/mol. The van der Waals surface area contributed by atoms with Crippen LogP contribution in [-0.4, -0.2) is 35.0 Å². The second-order valence-electron chi connectivity index (χ2n) is 6.38. The Morgan fingerprint density at radius 3 is 2.83 bits per heavy atom. The lowest BCUT2D eigenvalue weighted by Crippen LogP contribution is -2.28. The maximum atomic E-state index is 12.6. The number of rotatable bonds is 3. The van der Waals surface area contributed by atoms with Crippen molar-refractivity contribution in [1.29, 1.82) is 0 Å². The van der Waals surface area contributed by atoms with Gasteiger partial charge in [-0.25, -0.2) is 0 Å². The number of amides is 1. The molecule has 1 amide bonds. The van der Waals surface area contributed by atoms with Crippen LogP contribution in [0.5, 0.6) is 0 Å². The molecule has 2 aromatic carbocycles. The van der Waals surface area contributed by atoms with Gasteiger partial charge >= 0.3 is 0 Å². The Balaban J connectivity index is 1.61. The summed E-state index contributed by atoms with van der Waals surface area (Å²) in [4.78, 5) is 18.9. The monoisotopic (exact) mass is 316 g/mol. The standard InChI is InChI=1S/C20H16N2O2/c23-20-16-7-6-13-4-5-14(19-3-1-2-8-21-19)9-17(13)18(16)11-22(20)10-15-12-24-15/h1-9,15H,10-12H2. The Labute approximate surface area is 139 Å². The van der Waals surface area contributed by atoms with E-state index in [2.05, 4.69) is 23.2 Å². The van der Waals surface area contributed by atoms with Crippen molar-refractivity contribution in [2.75, 3.05) is 13.2 Å². The van der Waals surface area contributed by atoms with E-state index in [1.165, 1.54) is 0 Å². The van der Waals surface area contributed by atoms with Gasteiger partial charge in [0.15, 0.2) is 0 Å². The van der Waals surface area contributed by atoms with Gasteiger partial charge < -0.3 is 9.64 Å². The van der Waals surface area contributed by atoms with Gasteiger partial charge in [0.25, 0.3) is 5.91 Å². The molecule has 1 unspecified atom stereocenters. The van der Waals surface area contributed by atoms with E-state index in [-0.39, 0.29) is 12.0 Å². The molecule has 2 aliphatic rings. The van der Waals surface area contributed by atoms with Crippen LogP contribution in [0.15, 0.2) is 54.7 Å². The van der Waals surface area contributed by atoms with Crippen molar-refractivity contribution in [3.63, 3.8) is 0 Å². The summed E-state index contributed by atoms with van der Waals surface area (Å²) in [5.41, 5.74) is 3.97. The molecule has 1 saturated heterocycles.